The molecule has 0 bridgehead atoms. The van der Waals surface area contributed by atoms with Gasteiger partial charge in [-0.2, -0.15) is 0 Å². The van der Waals surface area contributed by atoms with Crippen molar-refractivity contribution in [2.75, 3.05) is 24.2 Å². The number of anilines is 2. The van der Waals surface area contributed by atoms with E-state index in [1.807, 2.05) is 48.5 Å². The third-order valence-electron chi connectivity index (χ3n) is 3.99. The third kappa shape index (κ3) is 6.51. The summed E-state index contributed by atoms with van der Waals surface area (Å²) in [5, 5.41) is 11.9. The van der Waals surface area contributed by atoms with Crippen LogP contribution in [0.25, 0.3) is 0 Å². The van der Waals surface area contributed by atoms with Gasteiger partial charge in [0, 0.05) is 23.7 Å². The smallest absolute Gasteiger partial charge is 0.239 e. The van der Waals surface area contributed by atoms with E-state index in [2.05, 4.69) is 20.8 Å². The summed E-state index contributed by atoms with van der Waals surface area (Å²) in [4.78, 5) is 30.6. The summed E-state index contributed by atoms with van der Waals surface area (Å²) in [6.45, 7) is 4.45. The monoisotopic (exact) mass is 413 g/mol. The van der Waals surface area contributed by atoms with Crippen LogP contribution in [-0.4, -0.2) is 40.4 Å². The minimum atomic E-state index is -0.186. The van der Waals surface area contributed by atoms with Gasteiger partial charge in [0.1, 0.15) is 10.8 Å². The summed E-state index contributed by atoms with van der Waals surface area (Å²) in [6.07, 6.45) is 0.217. The molecule has 29 heavy (non-hydrogen) atoms. The number of hydrogen-bond donors (Lipinski definition) is 2. The first kappa shape index (κ1) is 20.7. The van der Waals surface area contributed by atoms with Crippen molar-refractivity contribution in [1.29, 1.82) is 0 Å². The van der Waals surface area contributed by atoms with Gasteiger partial charge in [0.2, 0.25) is 11.8 Å². The summed E-state index contributed by atoms with van der Waals surface area (Å²) >= 11 is 1.44. The molecule has 8 nitrogen and oxygen atoms in total. The molecule has 1 aromatic carbocycles. The maximum atomic E-state index is 12.2. The zero-order valence-corrected chi connectivity index (χ0v) is 17.4. The van der Waals surface area contributed by atoms with Crippen LogP contribution in [0.5, 0.6) is 0 Å². The predicted molar refractivity (Wildman–Crippen MR) is 112 cm³/mol. The lowest BCUT2D eigenvalue weighted by molar-refractivity contribution is -0.117. The Hall–Kier alpha value is -3.04. The first-order valence-electron chi connectivity index (χ1n) is 9.09. The number of aromatic nitrogens is 2. The second kappa shape index (κ2) is 9.44. The third-order valence-corrected chi connectivity index (χ3v) is 4.88. The first-order chi connectivity index (χ1) is 13.9. The Kier molecular flexibility index (Phi) is 6.73. The number of likely N-dealkylation sites (N-methyl/N-ethyl adjacent to an activating group) is 1. The molecule has 0 radical (unpaired) electrons. The molecule has 9 heteroatoms. The molecular weight excluding hydrogens is 390 g/mol. The molecule has 3 aromatic rings. The standard InChI is InChI=1S/C20H23N5O3S/c1-13-4-6-15(7-5-13)21-18(26)9-20-22-16(12-29-20)10-25(3)11-19(27)23-17-8-14(2)28-24-17/h4-8,12H,9-11H2,1-3H3,(H,21,26)(H,23,24,27). The molecular formula is C20H23N5O3S. The number of nitrogens with one attached hydrogen (secondary N) is 2. The lowest BCUT2D eigenvalue weighted by Gasteiger charge is -2.14. The van der Waals surface area contributed by atoms with Gasteiger partial charge in [-0.05, 0) is 33.0 Å². The normalized spacial score (nSPS) is 10.9. The highest BCUT2D eigenvalue weighted by Gasteiger charge is 2.13. The highest BCUT2D eigenvalue weighted by Crippen LogP contribution is 2.14. The van der Waals surface area contributed by atoms with E-state index < -0.39 is 0 Å². The van der Waals surface area contributed by atoms with Gasteiger partial charge in [0.25, 0.3) is 0 Å². The molecule has 0 fully saturated rings. The van der Waals surface area contributed by atoms with Gasteiger partial charge in [-0.3, -0.25) is 14.5 Å². The molecule has 0 spiro atoms. The minimum Gasteiger partial charge on any atom is -0.360 e. The largest absolute Gasteiger partial charge is 0.360 e. The van der Waals surface area contributed by atoms with E-state index in [0.29, 0.717) is 18.1 Å². The van der Waals surface area contributed by atoms with Crippen LogP contribution in [0.3, 0.4) is 0 Å². The van der Waals surface area contributed by atoms with Crippen molar-refractivity contribution in [3.8, 4) is 0 Å². The van der Waals surface area contributed by atoms with Gasteiger partial charge >= 0.3 is 0 Å². The maximum Gasteiger partial charge on any atom is 0.239 e. The van der Waals surface area contributed by atoms with E-state index in [9.17, 15) is 9.59 Å². The Bertz CT molecular complexity index is 980. The Balaban J connectivity index is 1.45. The number of aryl methyl sites for hydroxylation is 2. The van der Waals surface area contributed by atoms with Gasteiger partial charge in [-0.1, -0.05) is 22.9 Å². The van der Waals surface area contributed by atoms with Gasteiger partial charge < -0.3 is 15.2 Å². The summed E-state index contributed by atoms with van der Waals surface area (Å²) in [6, 6.07) is 9.31. The molecule has 2 heterocycles. The summed E-state index contributed by atoms with van der Waals surface area (Å²) in [5.74, 6) is 0.741. The second-order valence-electron chi connectivity index (χ2n) is 6.87. The molecule has 2 amide bonds. The number of amides is 2. The van der Waals surface area contributed by atoms with Crippen molar-refractivity contribution in [3.05, 3.63) is 57.7 Å². The summed E-state index contributed by atoms with van der Waals surface area (Å²) < 4.78 is 4.92. The lowest BCUT2D eigenvalue weighted by Crippen LogP contribution is -2.30. The maximum absolute atomic E-state index is 12.2. The van der Waals surface area contributed by atoms with Crippen molar-refractivity contribution in [1.82, 2.24) is 15.0 Å². The molecule has 0 unspecified atom stereocenters. The molecule has 0 saturated heterocycles. The van der Waals surface area contributed by atoms with E-state index >= 15 is 0 Å². The molecule has 0 saturated carbocycles. The number of thiazole rings is 1. The van der Waals surface area contributed by atoms with Crippen molar-refractivity contribution < 1.29 is 14.1 Å². The van der Waals surface area contributed by atoms with Crippen LogP contribution in [0.15, 0.2) is 40.2 Å². The van der Waals surface area contributed by atoms with Crippen molar-refractivity contribution >= 4 is 34.7 Å². The number of hydrogen-bond acceptors (Lipinski definition) is 7. The van der Waals surface area contributed by atoms with Gasteiger partial charge in [-0.25, -0.2) is 4.98 Å². The van der Waals surface area contributed by atoms with Crippen LogP contribution in [-0.2, 0) is 22.6 Å². The molecule has 0 aliphatic carbocycles. The van der Waals surface area contributed by atoms with Crippen LogP contribution in [0.2, 0.25) is 0 Å². The molecule has 152 valence electrons. The zero-order chi connectivity index (χ0) is 20.8. The fraction of sp³-hybridized carbons (Fsp3) is 0.300. The Morgan fingerprint density at radius 3 is 2.59 bits per heavy atom. The van der Waals surface area contributed by atoms with E-state index in [0.717, 1.165) is 22.0 Å². The van der Waals surface area contributed by atoms with Gasteiger partial charge in [0.15, 0.2) is 5.82 Å². The Labute approximate surface area is 172 Å². The minimum absolute atomic E-state index is 0.106. The number of carbonyl (C=O) groups is 2. The molecule has 3 rings (SSSR count). The number of rotatable bonds is 8. The summed E-state index contributed by atoms with van der Waals surface area (Å²) in [5.41, 5.74) is 2.73. The topological polar surface area (TPSA) is 100 Å². The molecule has 0 aliphatic heterocycles. The molecule has 2 N–H and O–H groups in total. The van der Waals surface area contributed by atoms with E-state index in [-0.39, 0.29) is 24.8 Å². The van der Waals surface area contributed by atoms with Crippen LogP contribution >= 0.6 is 11.3 Å². The fourth-order valence-electron chi connectivity index (χ4n) is 2.67. The number of nitrogens with zero attached hydrogens (tertiary/aromatic N) is 3. The van der Waals surface area contributed by atoms with Crippen LogP contribution in [0.4, 0.5) is 11.5 Å². The van der Waals surface area contributed by atoms with E-state index in [4.69, 9.17) is 4.52 Å². The second-order valence-corrected chi connectivity index (χ2v) is 7.81. The van der Waals surface area contributed by atoms with E-state index in [1.54, 1.807) is 13.0 Å². The Morgan fingerprint density at radius 1 is 1.14 bits per heavy atom. The van der Waals surface area contributed by atoms with Crippen LogP contribution in [0, 0.1) is 13.8 Å². The van der Waals surface area contributed by atoms with Gasteiger partial charge in [0.05, 0.1) is 18.7 Å². The van der Waals surface area contributed by atoms with Crippen molar-refractivity contribution in [2.45, 2.75) is 26.8 Å². The van der Waals surface area contributed by atoms with Gasteiger partial charge in [-0.15, -0.1) is 11.3 Å². The van der Waals surface area contributed by atoms with Crippen molar-refractivity contribution in [2.24, 2.45) is 0 Å². The average Bonchev–Trinajstić information content (AvgIpc) is 3.25. The molecule has 2 aromatic heterocycles. The fourth-order valence-corrected chi connectivity index (χ4v) is 3.45. The van der Waals surface area contributed by atoms with Crippen LogP contribution < -0.4 is 10.6 Å². The predicted octanol–water partition coefficient (Wildman–Crippen LogP) is 3.00. The lowest BCUT2D eigenvalue weighted by atomic mass is 10.2. The quantitative estimate of drug-likeness (QED) is 0.589. The molecule has 0 atom stereocenters. The van der Waals surface area contributed by atoms with E-state index in [1.165, 1.54) is 11.3 Å². The first-order valence-corrected chi connectivity index (χ1v) is 9.97. The highest BCUT2D eigenvalue weighted by atomic mass is 32.1. The average molecular weight is 414 g/mol. The Morgan fingerprint density at radius 2 is 1.90 bits per heavy atom. The number of benzene rings is 1. The SMILES string of the molecule is Cc1ccc(NC(=O)Cc2nc(CN(C)CC(=O)Nc3cc(C)on3)cs2)cc1. The van der Waals surface area contributed by atoms with Crippen LogP contribution in [0.1, 0.15) is 22.0 Å². The van der Waals surface area contributed by atoms with Crippen molar-refractivity contribution in [3.63, 3.8) is 0 Å². The summed E-state index contributed by atoms with van der Waals surface area (Å²) in [7, 11) is 1.83. The number of carbonyl (C=O) groups excluding carboxylic acids is 2. The highest BCUT2D eigenvalue weighted by molar-refractivity contribution is 7.09. The zero-order valence-electron chi connectivity index (χ0n) is 16.6. The molecule has 0 aliphatic rings.